The van der Waals surface area contributed by atoms with Crippen LogP contribution in [-0.4, -0.2) is 16.3 Å². The van der Waals surface area contributed by atoms with Gasteiger partial charge in [-0.05, 0) is 25.7 Å². The second kappa shape index (κ2) is 5.28. The lowest BCUT2D eigenvalue weighted by molar-refractivity contribution is 0.111. The van der Waals surface area contributed by atoms with E-state index in [4.69, 9.17) is 0 Å². The highest BCUT2D eigenvalue weighted by Gasteiger charge is 2.15. The van der Waals surface area contributed by atoms with Gasteiger partial charge in [-0.1, -0.05) is 32.1 Å². The van der Waals surface area contributed by atoms with Crippen LogP contribution < -0.4 is 0 Å². The van der Waals surface area contributed by atoms with Crippen LogP contribution in [-0.2, 0) is 6.42 Å². The van der Waals surface area contributed by atoms with Crippen LogP contribution in [0.5, 0.6) is 0 Å². The second-order valence-corrected chi connectivity index (χ2v) is 4.85. The zero-order valence-electron chi connectivity index (χ0n) is 9.96. The number of nitrogens with zero attached hydrogens (tertiary/aromatic N) is 1. The molecular weight excluding hydrogens is 200 g/mol. The largest absolute Gasteiger partial charge is 0.345 e. The lowest BCUT2D eigenvalue weighted by Gasteiger charge is -2.20. The molecule has 0 unspecified atom stereocenters. The number of carbonyl (C=O) groups is 1. The van der Waals surface area contributed by atoms with Crippen LogP contribution in [0, 0.1) is 12.8 Å². The molecule has 0 aliphatic heterocycles. The molecule has 0 amide bonds. The van der Waals surface area contributed by atoms with Crippen molar-refractivity contribution in [3.05, 3.63) is 17.2 Å². The Morgan fingerprint density at radius 2 is 2.12 bits per heavy atom. The standard InChI is InChI=1S/C13H20N2O/c1-10-14-12(13(9-16)15-10)8-7-11-5-3-2-4-6-11/h9,11H,2-8H2,1H3,(H,14,15). The number of hydrogen-bond acceptors (Lipinski definition) is 2. The summed E-state index contributed by atoms with van der Waals surface area (Å²) in [4.78, 5) is 18.2. The van der Waals surface area contributed by atoms with Gasteiger partial charge in [0.25, 0.3) is 0 Å². The molecule has 1 heterocycles. The first-order chi connectivity index (χ1) is 7.79. The van der Waals surface area contributed by atoms with Gasteiger partial charge in [0.15, 0.2) is 6.29 Å². The SMILES string of the molecule is Cc1nc(C=O)c(CCC2CCCCC2)[nH]1. The van der Waals surface area contributed by atoms with E-state index in [0.717, 1.165) is 30.1 Å². The third-order valence-corrected chi connectivity index (χ3v) is 3.57. The lowest BCUT2D eigenvalue weighted by Crippen LogP contribution is -2.08. The summed E-state index contributed by atoms with van der Waals surface area (Å²) in [7, 11) is 0. The molecule has 88 valence electrons. The van der Waals surface area contributed by atoms with Crippen LogP contribution in [0.2, 0.25) is 0 Å². The summed E-state index contributed by atoms with van der Waals surface area (Å²) < 4.78 is 0. The topological polar surface area (TPSA) is 45.8 Å². The fraction of sp³-hybridized carbons (Fsp3) is 0.692. The smallest absolute Gasteiger partial charge is 0.170 e. The number of aromatic amines is 1. The summed E-state index contributed by atoms with van der Waals surface area (Å²) in [6, 6.07) is 0. The van der Waals surface area contributed by atoms with Gasteiger partial charge < -0.3 is 4.98 Å². The van der Waals surface area contributed by atoms with Crippen molar-refractivity contribution in [2.45, 2.75) is 51.9 Å². The predicted molar refractivity (Wildman–Crippen MR) is 63.6 cm³/mol. The van der Waals surface area contributed by atoms with Gasteiger partial charge in [0, 0.05) is 5.69 Å². The van der Waals surface area contributed by atoms with E-state index >= 15 is 0 Å². The van der Waals surface area contributed by atoms with Crippen LogP contribution in [0.15, 0.2) is 0 Å². The first-order valence-electron chi connectivity index (χ1n) is 6.30. The van der Waals surface area contributed by atoms with E-state index in [9.17, 15) is 4.79 Å². The maximum atomic E-state index is 10.8. The van der Waals surface area contributed by atoms with E-state index in [1.165, 1.54) is 38.5 Å². The van der Waals surface area contributed by atoms with Gasteiger partial charge in [0.05, 0.1) is 0 Å². The van der Waals surface area contributed by atoms with Gasteiger partial charge in [-0.15, -0.1) is 0 Å². The van der Waals surface area contributed by atoms with E-state index in [-0.39, 0.29) is 0 Å². The van der Waals surface area contributed by atoms with E-state index in [0.29, 0.717) is 5.69 Å². The molecule has 3 heteroatoms. The molecule has 1 aliphatic rings. The van der Waals surface area contributed by atoms with Crippen LogP contribution in [0.3, 0.4) is 0 Å². The number of aryl methyl sites for hydroxylation is 2. The molecule has 0 saturated heterocycles. The van der Waals surface area contributed by atoms with Crippen molar-refractivity contribution in [3.8, 4) is 0 Å². The third kappa shape index (κ3) is 2.71. The second-order valence-electron chi connectivity index (χ2n) is 4.85. The minimum absolute atomic E-state index is 0.605. The maximum absolute atomic E-state index is 10.8. The Balaban J connectivity index is 1.90. The molecule has 2 rings (SSSR count). The molecule has 1 aromatic rings. The van der Waals surface area contributed by atoms with Crippen LogP contribution in [0.1, 0.15) is 60.5 Å². The first kappa shape index (κ1) is 11.4. The maximum Gasteiger partial charge on any atom is 0.170 e. The zero-order chi connectivity index (χ0) is 11.4. The number of aldehydes is 1. The van der Waals surface area contributed by atoms with Gasteiger partial charge in [-0.25, -0.2) is 4.98 Å². The van der Waals surface area contributed by atoms with Crippen molar-refractivity contribution < 1.29 is 4.79 Å². The van der Waals surface area contributed by atoms with Crippen LogP contribution >= 0.6 is 0 Å². The summed E-state index contributed by atoms with van der Waals surface area (Å²) in [5, 5.41) is 0. The molecule has 1 aromatic heterocycles. The van der Waals surface area contributed by atoms with Crippen molar-refractivity contribution >= 4 is 6.29 Å². The van der Waals surface area contributed by atoms with E-state index in [1.807, 2.05) is 6.92 Å². The lowest BCUT2D eigenvalue weighted by atomic mass is 9.86. The number of H-pyrrole nitrogens is 1. The quantitative estimate of drug-likeness (QED) is 0.793. The van der Waals surface area contributed by atoms with Gasteiger partial charge >= 0.3 is 0 Å². The molecule has 1 N–H and O–H groups in total. The number of nitrogens with one attached hydrogen (secondary N) is 1. The highest BCUT2D eigenvalue weighted by Crippen LogP contribution is 2.27. The number of hydrogen-bond donors (Lipinski definition) is 1. The zero-order valence-corrected chi connectivity index (χ0v) is 9.96. The average molecular weight is 220 g/mol. The number of rotatable bonds is 4. The Hall–Kier alpha value is -1.12. The third-order valence-electron chi connectivity index (χ3n) is 3.57. The Morgan fingerprint density at radius 1 is 1.38 bits per heavy atom. The van der Waals surface area contributed by atoms with Crippen molar-refractivity contribution in [2.75, 3.05) is 0 Å². The molecule has 0 bridgehead atoms. The molecule has 0 radical (unpaired) electrons. The molecule has 1 fully saturated rings. The first-order valence-corrected chi connectivity index (χ1v) is 6.30. The summed E-state index contributed by atoms with van der Waals surface area (Å²) >= 11 is 0. The van der Waals surface area contributed by atoms with Crippen molar-refractivity contribution in [3.63, 3.8) is 0 Å². The predicted octanol–water partition coefficient (Wildman–Crippen LogP) is 3.04. The highest BCUT2D eigenvalue weighted by molar-refractivity contribution is 5.73. The fourth-order valence-corrected chi connectivity index (χ4v) is 2.67. The monoisotopic (exact) mass is 220 g/mol. The molecule has 0 aromatic carbocycles. The normalized spacial score (nSPS) is 17.6. The summed E-state index contributed by atoms with van der Waals surface area (Å²) in [5.74, 6) is 1.71. The van der Waals surface area contributed by atoms with Gasteiger partial charge in [-0.3, -0.25) is 4.79 Å². The Labute approximate surface area is 96.7 Å². The average Bonchev–Trinajstić information content (AvgIpc) is 2.68. The number of aromatic nitrogens is 2. The molecule has 1 saturated carbocycles. The summed E-state index contributed by atoms with van der Waals surface area (Å²) in [6.07, 6.45) is 9.93. The highest BCUT2D eigenvalue weighted by atomic mass is 16.1. The van der Waals surface area contributed by atoms with Crippen molar-refractivity contribution in [1.29, 1.82) is 0 Å². The Morgan fingerprint density at radius 3 is 2.81 bits per heavy atom. The van der Waals surface area contributed by atoms with Gasteiger partial charge in [0.2, 0.25) is 0 Å². The molecule has 0 spiro atoms. The van der Waals surface area contributed by atoms with Crippen molar-refractivity contribution in [1.82, 2.24) is 9.97 Å². The van der Waals surface area contributed by atoms with E-state index in [2.05, 4.69) is 9.97 Å². The van der Waals surface area contributed by atoms with Gasteiger partial charge in [-0.2, -0.15) is 0 Å². The number of carbonyl (C=O) groups excluding carboxylic acids is 1. The minimum atomic E-state index is 0.605. The van der Waals surface area contributed by atoms with Gasteiger partial charge in [0.1, 0.15) is 11.5 Å². The Kier molecular flexibility index (Phi) is 3.75. The molecule has 1 aliphatic carbocycles. The number of imidazole rings is 1. The van der Waals surface area contributed by atoms with E-state index in [1.54, 1.807) is 0 Å². The minimum Gasteiger partial charge on any atom is -0.345 e. The summed E-state index contributed by atoms with van der Waals surface area (Å²) in [5.41, 5.74) is 1.63. The molecule has 0 atom stereocenters. The van der Waals surface area contributed by atoms with Crippen LogP contribution in [0.25, 0.3) is 0 Å². The molecule has 16 heavy (non-hydrogen) atoms. The van der Waals surface area contributed by atoms with E-state index < -0.39 is 0 Å². The molecular formula is C13H20N2O. The fourth-order valence-electron chi connectivity index (χ4n) is 2.67. The van der Waals surface area contributed by atoms with Crippen LogP contribution in [0.4, 0.5) is 0 Å². The van der Waals surface area contributed by atoms with Crippen molar-refractivity contribution in [2.24, 2.45) is 5.92 Å². The summed E-state index contributed by atoms with van der Waals surface area (Å²) in [6.45, 7) is 1.90. The molecule has 3 nitrogen and oxygen atoms in total. The Bertz CT molecular complexity index is 351.